The Bertz CT molecular complexity index is 1450. The van der Waals surface area contributed by atoms with Crippen LogP contribution in [0.15, 0.2) is 60.8 Å². The molecule has 3 atom stereocenters. The average Bonchev–Trinajstić information content (AvgIpc) is 3.36. The van der Waals surface area contributed by atoms with Crippen LogP contribution in [-0.4, -0.2) is 74.3 Å². The second kappa shape index (κ2) is 54.1. The number of amides is 1. The molecule has 0 radical (unpaired) electrons. The molecule has 0 aromatic carbocycles. The van der Waals surface area contributed by atoms with E-state index in [9.17, 15) is 19.0 Å². The Morgan fingerprint density at radius 2 is 0.865 bits per heavy atom. The van der Waals surface area contributed by atoms with Crippen LogP contribution in [0, 0.1) is 0 Å². The van der Waals surface area contributed by atoms with E-state index in [1.165, 1.54) is 161 Å². The lowest BCUT2D eigenvalue weighted by atomic mass is 10.0. The molecule has 0 aliphatic heterocycles. The Morgan fingerprint density at radius 3 is 1.31 bits per heavy atom. The molecule has 0 aromatic rings. The zero-order chi connectivity index (χ0) is 54.3. The molecule has 3 unspecified atom stereocenters. The Morgan fingerprint density at radius 1 is 0.486 bits per heavy atom. The first-order valence-corrected chi connectivity index (χ1v) is 32.6. The Hall–Kier alpha value is -2.29. The summed E-state index contributed by atoms with van der Waals surface area (Å²) < 4.78 is 30.7. The van der Waals surface area contributed by atoms with E-state index in [1.54, 1.807) is 0 Å². The third kappa shape index (κ3) is 54.5. The highest BCUT2D eigenvalue weighted by Gasteiger charge is 2.30. The Labute approximate surface area is 458 Å². The highest BCUT2D eigenvalue weighted by Crippen LogP contribution is 2.43. The number of rotatable bonds is 56. The first-order chi connectivity index (χ1) is 35.9. The van der Waals surface area contributed by atoms with Gasteiger partial charge in [-0.05, 0) is 89.5 Å². The first-order valence-electron chi connectivity index (χ1n) is 31.1. The fourth-order valence-corrected chi connectivity index (χ4v) is 9.63. The molecule has 432 valence electrons. The summed E-state index contributed by atoms with van der Waals surface area (Å²) in [6, 6.07) is -0.852. The highest BCUT2D eigenvalue weighted by atomic mass is 31.2. The molecule has 9 nitrogen and oxygen atoms in total. The lowest BCUT2D eigenvalue weighted by Gasteiger charge is -2.27. The number of phosphoric acid groups is 1. The van der Waals surface area contributed by atoms with E-state index >= 15 is 0 Å². The van der Waals surface area contributed by atoms with Crippen LogP contribution in [0.25, 0.3) is 0 Å². The van der Waals surface area contributed by atoms with Crippen molar-refractivity contribution in [2.24, 2.45) is 0 Å². The number of nitrogens with zero attached hydrogens (tertiary/aromatic N) is 1. The summed E-state index contributed by atoms with van der Waals surface area (Å²) in [7, 11) is 1.49. The number of nitrogens with one attached hydrogen (secondary N) is 1. The predicted molar refractivity (Wildman–Crippen MR) is 318 cm³/mol. The smallest absolute Gasteiger partial charge is 0.456 e. The quantitative estimate of drug-likeness (QED) is 0.0205. The van der Waals surface area contributed by atoms with Crippen molar-refractivity contribution in [3.8, 4) is 0 Å². The molecule has 0 rings (SSSR count). The number of carbonyl (C=O) groups excluding carboxylic acids is 2. The van der Waals surface area contributed by atoms with Gasteiger partial charge in [0.2, 0.25) is 5.91 Å². The average molecular weight is 1060 g/mol. The minimum atomic E-state index is -4.45. The number of phosphoric ester groups is 1. The van der Waals surface area contributed by atoms with Gasteiger partial charge in [-0.1, -0.05) is 242 Å². The fraction of sp³-hybridized carbons (Fsp3) is 0.812. The second-order valence-corrected chi connectivity index (χ2v) is 23.6. The SMILES string of the molecule is CC/C=C/C/C=C/CCCCCCCCCC(=O)NC(COP(=O)(O)OCC[N+](C)(C)C)C(/C=C\CCCCCCCCCCC)OC(=O)CCCCCCCCCCCCCCC/C=C\C/C=C\CCCCC. The lowest BCUT2D eigenvalue weighted by molar-refractivity contribution is -0.870. The van der Waals surface area contributed by atoms with Crippen LogP contribution < -0.4 is 5.32 Å². The molecule has 0 aliphatic rings. The van der Waals surface area contributed by atoms with Crippen LogP contribution >= 0.6 is 7.82 Å². The molecule has 10 heteroatoms. The van der Waals surface area contributed by atoms with E-state index in [1.807, 2.05) is 33.3 Å². The number of allylic oxidation sites excluding steroid dienone is 9. The third-order valence-corrected chi connectivity index (χ3v) is 14.7. The van der Waals surface area contributed by atoms with Gasteiger partial charge in [0.25, 0.3) is 0 Å². The predicted octanol–water partition coefficient (Wildman–Crippen LogP) is 19.1. The number of hydrogen-bond donors (Lipinski definition) is 2. The summed E-state index contributed by atoms with van der Waals surface area (Å²) in [6.07, 6.45) is 67.9. The van der Waals surface area contributed by atoms with Gasteiger partial charge in [-0.25, -0.2) is 4.57 Å². The van der Waals surface area contributed by atoms with Crippen LogP contribution in [0.1, 0.15) is 284 Å². The van der Waals surface area contributed by atoms with Crippen LogP contribution in [0.2, 0.25) is 0 Å². The molecule has 0 aliphatic carbocycles. The molecule has 1 amide bonds. The molecule has 0 fully saturated rings. The number of hydrogen-bond acceptors (Lipinski definition) is 6. The topological polar surface area (TPSA) is 111 Å². The van der Waals surface area contributed by atoms with Gasteiger partial charge >= 0.3 is 13.8 Å². The van der Waals surface area contributed by atoms with Crippen molar-refractivity contribution in [1.29, 1.82) is 0 Å². The van der Waals surface area contributed by atoms with Gasteiger partial charge in [-0.3, -0.25) is 18.6 Å². The molecule has 0 saturated carbocycles. The summed E-state index contributed by atoms with van der Waals surface area (Å²) in [6.45, 7) is 6.88. The number of unbranched alkanes of at least 4 members (excludes halogenated alkanes) is 32. The lowest BCUT2D eigenvalue weighted by Crippen LogP contribution is -2.47. The maximum absolute atomic E-state index is 13.5. The molecule has 0 spiro atoms. The number of ether oxygens (including phenoxy) is 1. The second-order valence-electron chi connectivity index (χ2n) is 22.2. The van der Waals surface area contributed by atoms with Gasteiger partial charge in [-0.2, -0.15) is 0 Å². The van der Waals surface area contributed by atoms with Crippen molar-refractivity contribution in [3.63, 3.8) is 0 Å². The number of likely N-dealkylation sites (N-methyl/N-ethyl adjacent to an activating group) is 1. The maximum Gasteiger partial charge on any atom is 0.472 e. The van der Waals surface area contributed by atoms with Gasteiger partial charge in [0, 0.05) is 12.8 Å². The van der Waals surface area contributed by atoms with E-state index in [2.05, 4.69) is 74.7 Å². The minimum absolute atomic E-state index is 0.0378. The highest BCUT2D eigenvalue weighted by molar-refractivity contribution is 7.47. The molecule has 74 heavy (non-hydrogen) atoms. The Balaban J connectivity index is 5.12. The van der Waals surface area contributed by atoms with E-state index in [0.717, 1.165) is 89.9 Å². The van der Waals surface area contributed by atoms with E-state index in [-0.39, 0.29) is 31.5 Å². The van der Waals surface area contributed by atoms with Crippen LogP contribution in [0.4, 0.5) is 0 Å². The fourth-order valence-electron chi connectivity index (χ4n) is 8.89. The molecular formula is C64H120N2O7P+. The molecule has 0 heterocycles. The molecule has 0 bridgehead atoms. The first kappa shape index (κ1) is 71.7. The summed E-state index contributed by atoms with van der Waals surface area (Å²) >= 11 is 0. The van der Waals surface area contributed by atoms with Gasteiger partial charge in [0.05, 0.1) is 33.8 Å². The summed E-state index contributed by atoms with van der Waals surface area (Å²) in [5.74, 6) is -0.511. The van der Waals surface area contributed by atoms with Crippen molar-refractivity contribution >= 4 is 19.7 Å². The number of esters is 1. The number of carbonyl (C=O) groups is 2. The van der Waals surface area contributed by atoms with Crippen molar-refractivity contribution < 1.29 is 37.3 Å². The van der Waals surface area contributed by atoms with Gasteiger partial charge in [0.1, 0.15) is 19.3 Å². The standard InChI is InChI=1S/C64H119N2O7P/c1-7-10-13-16-19-22-25-27-29-30-31-32-33-34-35-36-37-39-42-45-48-51-54-57-64(68)73-62(55-52-49-46-43-40-24-21-18-15-12-9-3)61(60-72-74(69,70)71-59-58-66(4,5)6)65-63(67)56-53-50-47-44-41-38-28-26-23-20-17-14-11-8-2/h11,14,19-20,22-23,27,29,52,55,61-62H,7-10,12-13,15-18,21,24-26,28,30-51,53-54,56-60H2,1-6H3,(H-,65,67,69,70)/p+1/b14-11+,22-19-,23-20+,29-27-,55-52-. The van der Waals surface area contributed by atoms with Crippen molar-refractivity contribution in [2.75, 3.05) is 40.9 Å². The normalized spacial score (nSPS) is 14.1. The molecule has 0 saturated heterocycles. The summed E-state index contributed by atoms with van der Waals surface area (Å²) in [4.78, 5) is 37.7. The van der Waals surface area contributed by atoms with E-state index < -0.39 is 20.0 Å². The zero-order valence-electron chi connectivity index (χ0n) is 49.3. The van der Waals surface area contributed by atoms with Gasteiger partial charge in [0.15, 0.2) is 0 Å². The summed E-state index contributed by atoms with van der Waals surface area (Å²) in [5, 5.41) is 3.05. The van der Waals surface area contributed by atoms with Crippen molar-refractivity contribution in [2.45, 2.75) is 296 Å². The van der Waals surface area contributed by atoms with Crippen molar-refractivity contribution in [3.05, 3.63) is 60.8 Å². The zero-order valence-corrected chi connectivity index (χ0v) is 50.2. The monoisotopic (exact) mass is 1060 g/mol. The van der Waals surface area contributed by atoms with Crippen LogP contribution in [0.5, 0.6) is 0 Å². The van der Waals surface area contributed by atoms with E-state index in [4.69, 9.17) is 13.8 Å². The maximum atomic E-state index is 13.5. The summed E-state index contributed by atoms with van der Waals surface area (Å²) in [5.41, 5.74) is 0. The van der Waals surface area contributed by atoms with Crippen LogP contribution in [-0.2, 0) is 27.9 Å². The van der Waals surface area contributed by atoms with E-state index in [0.29, 0.717) is 17.4 Å². The van der Waals surface area contributed by atoms with Gasteiger partial charge < -0.3 is 19.4 Å². The minimum Gasteiger partial charge on any atom is -0.456 e. The van der Waals surface area contributed by atoms with Crippen LogP contribution in [0.3, 0.4) is 0 Å². The van der Waals surface area contributed by atoms with Gasteiger partial charge in [-0.15, -0.1) is 0 Å². The third-order valence-electron chi connectivity index (χ3n) is 13.7. The largest absolute Gasteiger partial charge is 0.472 e. The Kier molecular flexibility index (Phi) is 52.4. The molecule has 2 N–H and O–H groups in total. The molecular weight excluding hydrogens is 940 g/mol. The molecule has 0 aromatic heterocycles. The van der Waals surface area contributed by atoms with Crippen molar-refractivity contribution in [1.82, 2.24) is 5.32 Å². The number of quaternary nitrogens is 1.